The maximum absolute atomic E-state index is 12.2. The van der Waals surface area contributed by atoms with Crippen molar-refractivity contribution in [1.82, 2.24) is 25.1 Å². The molecule has 2 aromatic heterocycles. The number of aromatic nitrogens is 5. The molecule has 1 amide bonds. The average Bonchev–Trinajstić information content (AvgIpc) is 3.33. The van der Waals surface area contributed by atoms with Crippen LogP contribution in [0.5, 0.6) is 0 Å². The lowest BCUT2D eigenvalue weighted by Crippen LogP contribution is -2.32. The highest BCUT2D eigenvalue weighted by Crippen LogP contribution is 2.40. The molecule has 1 aliphatic carbocycles. The van der Waals surface area contributed by atoms with Gasteiger partial charge in [-0.15, -0.1) is 10.2 Å². The topological polar surface area (TPSA) is 114 Å². The second-order valence-corrected chi connectivity index (χ2v) is 8.75. The van der Waals surface area contributed by atoms with Gasteiger partial charge in [-0.3, -0.25) is 9.69 Å². The van der Waals surface area contributed by atoms with Gasteiger partial charge in [0.2, 0.25) is 22.9 Å². The lowest BCUT2D eigenvalue weighted by Gasteiger charge is -2.17. The van der Waals surface area contributed by atoms with Gasteiger partial charge >= 0.3 is 0 Å². The van der Waals surface area contributed by atoms with E-state index in [1.54, 1.807) is 9.80 Å². The largest absolute Gasteiger partial charge is 0.368 e. The number of amides is 1. The third-order valence-corrected chi connectivity index (χ3v) is 5.89. The molecule has 9 nitrogen and oxygen atoms in total. The van der Waals surface area contributed by atoms with Crippen LogP contribution in [0, 0.1) is 0 Å². The molecule has 0 aromatic carbocycles. The number of nitrogens with zero attached hydrogens (tertiary/aromatic N) is 7. The van der Waals surface area contributed by atoms with Gasteiger partial charge in [-0.2, -0.15) is 15.0 Å². The van der Waals surface area contributed by atoms with Gasteiger partial charge in [-0.1, -0.05) is 30.0 Å². The van der Waals surface area contributed by atoms with Crippen molar-refractivity contribution in [2.75, 3.05) is 29.6 Å². The smallest absolute Gasteiger partial charge is 0.229 e. The molecule has 2 heterocycles. The minimum absolute atomic E-state index is 0.0731. The first-order chi connectivity index (χ1) is 12.4. The van der Waals surface area contributed by atoms with Gasteiger partial charge < -0.3 is 10.6 Å². The Bertz CT molecular complexity index is 792. The Hall–Kier alpha value is -2.01. The summed E-state index contributed by atoms with van der Waals surface area (Å²) in [4.78, 5) is 28.6. The summed E-state index contributed by atoms with van der Waals surface area (Å²) >= 11 is 2.92. The summed E-state index contributed by atoms with van der Waals surface area (Å²) in [5, 5.41) is 9.05. The number of hydrogen-bond acceptors (Lipinski definition) is 10. The summed E-state index contributed by atoms with van der Waals surface area (Å²) < 4.78 is 0.771. The molecule has 1 aliphatic rings. The molecule has 2 aromatic rings. The van der Waals surface area contributed by atoms with E-state index in [9.17, 15) is 4.79 Å². The number of nitrogen functional groups attached to an aromatic ring is 1. The number of carbonyl (C=O) groups is 1. The van der Waals surface area contributed by atoms with Gasteiger partial charge in [0, 0.05) is 26.6 Å². The molecular weight excluding hydrogens is 372 g/mol. The number of nitrogens with two attached hydrogens (primary N) is 1. The highest BCUT2D eigenvalue weighted by atomic mass is 32.2. The van der Waals surface area contributed by atoms with Crippen molar-refractivity contribution >= 4 is 46.0 Å². The Kier molecular flexibility index (Phi) is 5.56. The van der Waals surface area contributed by atoms with Gasteiger partial charge in [-0.25, -0.2) is 0 Å². The van der Waals surface area contributed by atoms with E-state index in [4.69, 9.17) is 5.73 Å². The summed E-state index contributed by atoms with van der Waals surface area (Å²) in [5.74, 6) is 1.39. The second kappa shape index (κ2) is 7.70. The SMILES string of the molecule is CCC(=O)N(c1nnc(S[C@@H](C)c2nc(N)nc(N(C)C)n2)s1)C1CC1. The van der Waals surface area contributed by atoms with Crippen molar-refractivity contribution in [1.29, 1.82) is 0 Å². The van der Waals surface area contributed by atoms with Gasteiger partial charge in [0.05, 0.1) is 5.25 Å². The third-order valence-electron chi connectivity index (χ3n) is 3.78. The first-order valence-electron chi connectivity index (χ1n) is 8.40. The first-order valence-corrected chi connectivity index (χ1v) is 10.1. The van der Waals surface area contributed by atoms with Crippen LogP contribution in [0.25, 0.3) is 0 Å². The number of carbonyl (C=O) groups excluding carboxylic acids is 1. The molecule has 11 heteroatoms. The number of rotatable bonds is 7. The van der Waals surface area contributed by atoms with Crippen LogP contribution in [0.3, 0.4) is 0 Å². The fraction of sp³-hybridized carbons (Fsp3) is 0.600. The number of hydrogen-bond donors (Lipinski definition) is 1. The van der Waals surface area contributed by atoms with Crippen molar-refractivity contribution in [3.05, 3.63) is 5.82 Å². The predicted octanol–water partition coefficient (Wildman–Crippen LogP) is 2.13. The van der Waals surface area contributed by atoms with Crippen LogP contribution in [0.15, 0.2) is 4.34 Å². The summed E-state index contributed by atoms with van der Waals surface area (Å²) in [6, 6.07) is 0.275. The molecule has 1 atom stereocenters. The van der Waals surface area contributed by atoms with E-state index in [1.165, 1.54) is 23.1 Å². The standard InChI is InChI=1S/C15H22N8OS2/c1-5-10(24)23(9-6-7-9)14-20-21-15(26-14)25-8(2)11-17-12(16)19-13(18-11)22(3)4/h8-9H,5-7H2,1-4H3,(H2,16,17,18,19)/t8-/m0/s1. The van der Waals surface area contributed by atoms with E-state index in [2.05, 4.69) is 25.1 Å². The van der Waals surface area contributed by atoms with Crippen LogP contribution in [0.4, 0.5) is 17.0 Å². The van der Waals surface area contributed by atoms with Crippen LogP contribution in [0.2, 0.25) is 0 Å². The zero-order valence-corrected chi connectivity index (χ0v) is 16.8. The Morgan fingerprint density at radius 1 is 1.31 bits per heavy atom. The summed E-state index contributed by atoms with van der Waals surface area (Å²) in [5.41, 5.74) is 5.79. The number of anilines is 3. The highest BCUT2D eigenvalue weighted by molar-refractivity contribution is 8.01. The normalized spacial score (nSPS) is 14.9. The lowest BCUT2D eigenvalue weighted by molar-refractivity contribution is -0.118. The Morgan fingerprint density at radius 3 is 2.65 bits per heavy atom. The molecule has 0 spiro atoms. The molecule has 0 unspecified atom stereocenters. The fourth-order valence-electron chi connectivity index (χ4n) is 2.30. The van der Waals surface area contributed by atoms with Gasteiger partial charge in [0.15, 0.2) is 4.34 Å². The maximum atomic E-state index is 12.2. The van der Waals surface area contributed by atoms with Crippen LogP contribution < -0.4 is 15.5 Å². The molecule has 1 saturated carbocycles. The Morgan fingerprint density at radius 2 is 2.04 bits per heavy atom. The summed E-state index contributed by atoms with van der Waals surface area (Å²) in [6.45, 7) is 3.85. The molecule has 2 N–H and O–H groups in total. The van der Waals surface area contributed by atoms with Crippen molar-refractivity contribution in [3.8, 4) is 0 Å². The van der Waals surface area contributed by atoms with Crippen molar-refractivity contribution in [2.45, 2.75) is 48.7 Å². The summed E-state index contributed by atoms with van der Waals surface area (Å²) in [6.07, 6.45) is 2.52. The van der Waals surface area contributed by atoms with E-state index in [0.717, 1.165) is 17.2 Å². The molecule has 3 rings (SSSR count). The highest BCUT2D eigenvalue weighted by Gasteiger charge is 2.35. The average molecular weight is 395 g/mol. The molecule has 140 valence electrons. The van der Waals surface area contributed by atoms with Gasteiger partial charge in [0.25, 0.3) is 0 Å². The van der Waals surface area contributed by atoms with Crippen LogP contribution in [-0.4, -0.2) is 51.2 Å². The minimum Gasteiger partial charge on any atom is -0.368 e. The van der Waals surface area contributed by atoms with E-state index >= 15 is 0 Å². The summed E-state index contributed by atoms with van der Waals surface area (Å²) in [7, 11) is 3.70. The molecule has 0 radical (unpaired) electrons. The van der Waals surface area contributed by atoms with E-state index in [0.29, 0.717) is 23.3 Å². The fourth-order valence-corrected chi connectivity index (χ4v) is 4.42. The first kappa shape index (κ1) is 18.8. The molecular formula is C15H22N8OS2. The predicted molar refractivity (Wildman–Crippen MR) is 104 cm³/mol. The zero-order valence-electron chi connectivity index (χ0n) is 15.2. The quantitative estimate of drug-likeness (QED) is 0.557. The molecule has 0 aliphatic heterocycles. The van der Waals surface area contributed by atoms with Gasteiger partial charge in [-0.05, 0) is 19.8 Å². The van der Waals surface area contributed by atoms with Gasteiger partial charge in [0.1, 0.15) is 5.82 Å². The minimum atomic E-state index is -0.0731. The maximum Gasteiger partial charge on any atom is 0.229 e. The van der Waals surface area contributed by atoms with E-state index < -0.39 is 0 Å². The molecule has 26 heavy (non-hydrogen) atoms. The van der Waals surface area contributed by atoms with Crippen molar-refractivity contribution in [2.24, 2.45) is 0 Å². The second-order valence-electron chi connectivity index (χ2n) is 6.21. The number of thioether (sulfide) groups is 1. The van der Waals surface area contributed by atoms with E-state index in [1.807, 2.05) is 27.9 Å². The lowest BCUT2D eigenvalue weighted by atomic mass is 10.4. The zero-order chi connectivity index (χ0) is 18.8. The molecule has 1 fully saturated rings. The van der Waals surface area contributed by atoms with Crippen LogP contribution in [-0.2, 0) is 4.79 Å². The monoisotopic (exact) mass is 394 g/mol. The van der Waals surface area contributed by atoms with Crippen LogP contribution >= 0.6 is 23.1 Å². The Labute approximate surface area is 160 Å². The Balaban J connectivity index is 1.75. The molecule has 0 bridgehead atoms. The van der Waals surface area contributed by atoms with E-state index in [-0.39, 0.29) is 23.1 Å². The van der Waals surface area contributed by atoms with Crippen molar-refractivity contribution < 1.29 is 4.79 Å². The third kappa shape index (κ3) is 4.21. The molecule has 0 saturated heterocycles. The van der Waals surface area contributed by atoms with Crippen LogP contribution in [0.1, 0.15) is 44.2 Å². The van der Waals surface area contributed by atoms with Crippen molar-refractivity contribution in [3.63, 3.8) is 0 Å².